The molecule has 3 amide bonds. The topological polar surface area (TPSA) is 128 Å². The number of urea groups is 1. The van der Waals surface area contributed by atoms with E-state index in [1.807, 2.05) is 0 Å². The molecule has 0 bridgehead atoms. The van der Waals surface area contributed by atoms with Crippen LogP contribution in [0.2, 0.25) is 0 Å². The van der Waals surface area contributed by atoms with Crippen LogP contribution in [0, 0.1) is 6.92 Å². The SMILES string of the molecule is Cc1occc1-c1nnc(SCC(=O)NC(=O)NC2CCCC2)n1N. The third-order valence-corrected chi connectivity index (χ3v) is 4.98. The average molecular weight is 364 g/mol. The highest BCUT2D eigenvalue weighted by molar-refractivity contribution is 7.99. The van der Waals surface area contributed by atoms with Crippen molar-refractivity contribution in [3.63, 3.8) is 0 Å². The van der Waals surface area contributed by atoms with Gasteiger partial charge < -0.3 is 15.6 Å². The number of thioether (sulfide) groups is 1. The van der Waals surface area contributed by atoms with Crippen LogP contribution in [0.5, 0.6) is 0 Å². The molecule has 2 aromatic heterocycles. The summed E-state index contributed by atoms with van der Waals surface area (Å²) in [5, 5.41) is 13.5. The highest BCUT2D eigenvalue weighted by Gasteiger charge is 2.19. The minimum absolute atomic E-state index is 0.0117. The van der Waals surface area contributed by atoms with Gasteiger partial charge in [-0.05, 0) is 25.8 Å². The molecular weight excluding hydrogens is 344 g/mol. The summed E-state index contributed by atoms with van der Waals surface area (Å²) in [4.78, 5) is 23.7. The van der Waals surface area contributed by atoms with Crippen LogP contribution in [0.4, 0.5) is 4.79 Å². The van der Waals surface area contributed by atoms with E-state index in [9.17, 15) is 9.59 Å². The Hall–Kier alpha value is -2.49. The van der Waals surface area contributed by atoms with Gasteiger partial charge >= 0.3 is 6.03 Å². The van der Waals surface area contributed by atoms with Gasteiger partial charge in [-0.25, -0.2) is 9.47 Å². The van der Waals surface area contributed by atoms with Crippen molar-refractivity contribution < 1.29 is 14.0 Å². The Morgan fingerprint density at radius 1 is 1.40 bits per heavy atom. The summed E-state index contributed by atoms with van der Waals surface area (Å²) in [6.45, 7) is 1.80. The fraction of sp³-hybridized carbons (Fsp3) is 0.467. The van der Waals surface area contributed by atoms with E-state index in [2.05, 4.69) is 20.8 Å². The minimum atomic E-state index is -0.457. The van der Waals surface area contributed by atoms with Gasteiger partial charge in [-0.1, -0.05) is 24.6 Å². The third kappa shape index (κ3) is 4.13. The highest BCUT2D eigenvalue weighted by atomic mass is 32.2. The first-order valence-electron chi connectivity index (χ1n) is 8.02. The number of imide groups is 1. The number of nitrogens with two attached hydrogens (primary N) is 1. The largest absolute Gasteiger partial charge is 0.469 e. The molecule has 0 saturated heterocycles. The quantitative estimate of drug-likeness (QED) is 0.540. The first-order valence-corrected chi connectivity index (χ1v) is 9.01. The summed E-state index contributed by atoms with van der Waals surface area (Å²) in [6.07, 6.45) is 5.69. The second-order valence-electron chi connectivity index (χ2n) is 5.86. The Kier molecular flexibility index (Phi) is 5.27. The number of hydrogen-bond acceptors (Lipinski definition) is 7. The van der Waals surface area contributed by atoms with Gasteiger partial charge in [0.05, 0.1) is 17.6 Å². The van der Waals surface area contributed by atoms with Gasteiger partial charge in [-0.15, -0.1) is 10.2 Å². The number of aryl methyl sites for hydroxylation is 1. The minimum Gasteiger partial charge on any atom is -0.469 e. The van der Waals surface area contributed by atoms with E-state index < -0.39 is 11.9 Å². The molecule has 0 aromatic carbocycles. The number of carbonyl (C=O) groups is 2. The maximum atomic E-state index is 11.9. The zero-order chi connectivity index (χ0) is 17.8. The van der Waals surface area contributed by atoms with Crippen molar-refractivity contribution in [1.29, 1.82) is 0 Å². The van der Waals surface area contributed by atoms with Crippen molar-refractivity contribution in [1.82, 2.24) is 25.5 Å². The molecule has 4 N–H and O–H groups in total. The molecule has 0 unspecified atom stereocenters. The number of carbonyl (C=O) groups excluding carboxylic acids is 2. The molecule has 1 aliphatic carbocycles. The molecule has 10 heteroatoms. The van der Waals surface area contributed by atoms with E-state index in [1.54, 1.807) is 19.3 Å². The lowest BCUT2D eigenvalue weighted by Crippen LogP contribution is -2.44. The lowest BCUT2D eigenvalue weighted by molar-refractivity contribution is -0.117. The summed E-state index contributed by atoms with van der Waals surface area (Å²) in [7, 11) is 0. The predicted molar refractivity (Wildman–Crippen MR) is 92.3 cm³/mol. The Bertz CT molecular complexity index is 765. The second kappa shape index (κ2) is 7.60. The van der Waals surface area contributed by atoms with E-state index in [0.717, 1.165) is 43.0 Å². The molecule has 1 saturated carbocycles. The van der Waals surface area contributed by atoms with E-state index in [0.29, 0.717) is 16.7 Å². The van der Waals surface area contributed by atoms with Crippen LogP contribution < -0.4 is 16.5 Å². The highest BCUT2D eigenvalue weighted by Crippen LogP contribution is 2.24. The van der Waals surface area contributed by atoms with Crippen LogP contribution in [-0.2, 0) is 4.79 Å². The van der Waals surface area contributed by atoms with Crippen LogP contribution in [0.15, 0.2) is 21.9 Å². The van der Waals surface area contributed by atoms with Crippen LogP contribution in [0.3, 0.4) is 0 Å². The normalized spacial score (nSPS) is 14.6. The molecule has 134 valence electrons. The van der Waals surface area contributed by atoms with Gasteiger partial charge in [0.15, 0.2) is 5.82 Å². The third-order valence-electron chi connectivity index (χ3n) is 4.04. The van der Waals surface area contributed by atoms with Gasteiger partial charge in [-0.2, -0.15) is 0 Å². The van der Waals surface area contributed by atoms with Gasteiger partial charge in [0, 0.05) is 6.04 Å². The van der Waals surface area contributed by atoms with E-state index in [-0.39, 0.29) is 11.8 Å². The van der Waals surface area contributed by atoms with Crippen molar-refractivity contribution >= 4 is 23.7 Å². The molecule has 3 rings (SSSR count). The number of nitrogens with zero attached hydrogens (tertiary/aromatic N) is 3. The van der Waals surface area contributed by atoms with Crippen LogP contribution in [-0.4, -0.2) is 38.6 Å². The molecular formula is C15H20N6O3S. The van der Waals surface area contributed by atoms with Crippen molar-refractivity contribution in [3.8, 4) is 11.4 Å². The number of amides is 3. The van der Waals surface area contributed by atoms with Crippen LogP contribution >= 0.6 is 11.8 Å². The number of rotatable bonds is 5. The molecule has 2 aromatic rings. The number of aromatic nitrogens is 3. The van der Waals surface area contributed by atoms with E-state index in [4.69, 9.17) is 10.3 Å². The number of hydrogen-bond donors (Lipinski definition) is 3. The first-order chi connectivity index (χ1) is 12.0. The summed E-state index contributed by atoms with van der Waals surface area (Å²) < 4.78 is 6.53. The van der Waals surface area contributed by atoms with Crippen molar-refractivity contribution in [3.05, 3.63) is 18.1 Å². The molecule has 2 heterocycles. The standard InChI is InChI=1S/C15H20N6O3S/c1-9-11(6-7-24-9)13-19-20-15(21(13)16)25-8-12(22)18-14(23)17-10-4-2-3-5-10/h6-7,10H,2-5,8,16H2,1H3,(H2,17,18,22,23). The summed E-state index contributed by atoms with van der Waals surface area (Å²) in [5.41, 5.74) is 0.738. The molecule has 9 nitrogen and oxygen atoms in total. The van der Waals surface area contributed by atoms with Gasteiger partial charge in [0.1, 0.15) is 5.76 Å². The van der Waals surface area contributed by atoms with Crippen molar-refractivity contribution in [2.24, 2.45) is 0 Å². The molecule has 0 radical (unpaired) electrons. The second-order valence-corrected chi connectivity index (χ2v) is 6.80. The molecule has 0 spiro atoms. The summed E-state index contributed by atoms with van der Waals surface area (Å²) in [5.74, 6) is 6.71. The number of nitrogen functional groups attached to an aromatic ring is 1. The first kappa shape index (κ1) is 17.3. The summed E-state index contributed by atoms with van der Waals surface area (Å²) in [6, 6.07) is 1.45. The zero-order valence-corrected chi connectivity index (χ0v) is 14.6. The molecule has 25 heavy (non-hydrogen) atoms. The molecule has 1 fully saturated rings. The monoisotopic (exact) mass is 364 g/mol. The average Bonchev–Trinajstić information content (AvgIpc) is 3.28. The fourth-order valence-corrected chi connectivity index (χ4v) is 3.42. The lowest BCUT2D eigenvalue weighted by atomic mass is 10.2. The smallest absolute Gasteiger partial charge is 0.321 e. The van der Waals surface area contributed by atoms with Crippen molar-refractivity contribution in [2.75, 3.05) is 11.6 Å². The Labute approximate surface area is 148 Å². The lowest BCUT2D eigenvalue weighted by Gasteiger charge is -2.11. The predicted octanol–water partition coefficient (Wildman–Crippen LogP) is 1.42. The van der Waals surface area contributed by atoms with Gasteiger partial charge in [0.25, 0.3) is 0 Å². The molecule has 0 atom stereocenters. The number of nitrogens with one attached hydrogen (secondary N) is 2. The maximum Gasteiger partial charge on any atom is 0.321 e. The maximum absolute atomic E-state index is 11.9. The Morgan fingerprint density at radius 3 is 2.84 bits per heavy atom. The molecule has 1 aliphatic rings. The Balaban J connectivity index is 1.51. The van der Waals surface area contributed by atoms with Crippen molar-refractivity contribution in [2.45, 2.75) is 43.8 Å². The number of furan rings is 1. The summed E-state index contributed by atoms with van der Waals surface area (Å²) >= 11 is 1.11. The fourth-order valence-electron chi connectivity index (χ4n) is 2.76. The van der Waals surface area contributed by atoms with E-state index >= 15 is 0 Å². The van der Waals surface area contributed by atoms with Crippen LogP contribution in [0.25, 0.3) is 11.4 Å². The van der Waals surface area contributed by atoms with Gasteiger partial charge in [0.2, 0.25) is 11.1 Å². The molecule has 0 aliphatic heterocycles. The Morgan fingerprint density at radius 2 is 2.16 bits per heavy atom. The van der Waals surface area contributed by atoms with Gasteiger partial charge in [-0.3, -0.25) is 10.1 Å². The zero-order valence-electron chi connectivity index (χ0n) is 13.8. The van der Waals surface area contributed by atoms with Crippen LogP contribution in [0.1, 0.15) is 31.4 Å². The van der Waals surface area contributed by atoms with E-state index in [1.165, 1.54) is 4.68 Å².